The van der Waals surface area contributed by atoms with Crippen LogP contribution in [-0.4, -0.2) is 20.6 Å². The van der Waals surface area contributed by atoms with Crippen LogP contribution in [0.1, 0.15) is 17.0 Å². The van der Waals surface area contributed by atoms with Crippen molar-refractivity contribution in [3.8, 4) is 5.75 Å². The van der Waals surface area contributed by atoms with Crippen molar-refractivity contribution in [1.82, 2.24) is 20.6 Å². The van der Waals surface area contributed by atoms with Gasteiger partial charge in [-0.1, -0.05) is 11.3 Å². The Balaban J connectivity index is 2.05. The van der Waals surface area contributed by atoms with Gasteiger partial charge in [-0.15, -0.1) is 10.2 Å². The summed E-state index contributed by atoms with van der Waals surface area (Å²) >= 11 is 0. The lowest BCUT2D eigenvalue weighted by atomic mass is 10.1. The number of nitrogens with one attached hydrogen (secondary N) is 1. The first-order valence-corrected chi connectivity index (χ1v) is 4.67. The Bertz CT molecular complexity index is 418. The Morgan fingerprint density at radius 3 is 2.53 bits per heavy atom. The molecule has 0 aliphatic carbocycles. The van der Waals surface area contributed by atoms with E-state index in [2.05, 4.69) is 26.7 Å². The monoisotopic (exact) mass is 204 g/mol. The molecule has 1 aromatic heterocycles. The number of H-pyrrole nitrogens is 1. The molecule has 5 nitrogen and oxygen atoms in total. The second-order valence-electron chi connectivity index (χ2n) is 3.44. The van der Waals surface area contributed by atoms with Gasteiger partial charge in [0.15, 0.2) is 6.61 Å². The normalized spacial score (nSPS) is 10.3. The summed E-state index contributed by atoms with van der Waals surface area (Å²) < 4.78 is 5.53. The second kappa shape index (κ2) is 4.08. The van der Waals surface area contributed by atoms with Crippen LogP contribution in [0.3, 0.4) is 0 Å². The lowest BCUT2D eigenvalue weighted by Crippen LogP contribution is -1.98. The van der Waals surface area contributed by atoms with Crippen molar-refractivity contribution in [3.05, 3.63) is 35.2 Å². The fraction of sp³-hybridized carbons (Fsp3) is 0.300. The van der Waals surface area contributed by atoms with Gasteiger partial charge in [0.1, 0.15) is 5.75 Å². The Hall–Kier alpha value is -1.91. The third kappa shape index (κ3) is 2.52. The zero-order chi connectivity index (χ0) is 10.7. The van der Waals surface area contributed by atoms with Crippen LogP contribution < -0.4 is 4.74 Å². The van der Waals surface area contributed by atoms with Crippen molar-refractivity contribution in [3.63, 3.8) is 0 Å². The third-order valence-electron chi connectivity index (χ3n) is 1.95. The molecule has 0 aliphatic rings. The van der Waals surface area contributed by atoms with Crippen molar-refractivity contribution in [2.75, 3.05) is 0 Å². The van der Waals surface area contributed by atoms with Gasteiger partial charge in [0.25, 0.3) is 0 Å². The Morgan fingerprint density at radius 1 is 1.20 bits per heavy atom. The number of aryl methyl sites for hydroxylation is 2. The van der Waals surface area contributed by atoms with E-state index in [1.165, 1.54) is 11.1 Å². The number of benzene rings is 1. The molecule has 1 aromatic carbocycles. The van der Waals surface area contributed by atoms with Crippen LogP contribution in [-0.2, 0) is 6.61 Å². The molecular weight excluding hydrogens is 192 g/mol. The van der Waals surface area contributed by atoms with Crippen LogP contribution >= 0.6 is 0 Å². The van der Waals surface area contributed by atoms with E-state index in [1.807, 2.05) is 26.0 Å². The summed E-state index contributed by atoms with van der Waals surface area (Å²) in [6, 6.07) is 6.06. The molecule has 0 saturated carbocycles. The highest BCUT2D eigenvalue weighted by atomic mass is 16.5. The highest BCUT2D eigenvalue weighted by Gasteiger charge is 2.00. The molecule has 1 heterocycles. The molecular formula is C10H12N4O. The van der Waals surface area contributed by atoms with Crippen LogP contribution in [0, 0.1) is 13.8 Å². The van der Waals surface area contributed by atoms with E-state index in [0.717, 1.165) is 5.75 Å². The second-order valence-corrected chi connectivity index (χ2v) is 3.44. The predicted octanol–water partition coefficient (Wildman–Crippen LogP) is 1.40. The van der Waals surface area contributed by atoms with Crippen LogP contribution in [0.15, 0.2) is 18.2 Å². The van der Waals surface area contributed by atoms with Gasteiger partial charge in [-0.3, -0.25) is 0 Å². The van der Waals surface area contributed by atoms with Gasteiger partial charge in [-0.05, 0) is 37.1 Å². The highest BCUT2D eigenvalue weighted by Crippen LogP contribution is 2.16. The molecule has 0 bridgehead atoms. The summed E-state index contributed by atoms with van der Waals surface area (Å²) in [5, 5.41) is 13.4. The summed E-state index contributed by atoms with van der Waals surface area (Å²) in [5.41, 5.74) is 2.36. The quantitative estimate of drug-likeness (QED) is 0.820. The molecule has 2 aromatic rings. The van der Waals surface area contributed by atoms with E-state index in [-0.39, 0.29) is 0 Å². The summed E-state index contributed by atoms with van der Waals surface area (Å²) in [7, 11) is 0. The molecule has 0 saturated heterocycles. The van der Waals surface area contributed by atoms with Gasteiger partial charge in [-0.25, -0.2) is 0 Å². The number of aromatic amines is 1. The molecule has 1 N–H and O–H groups in total. The Kier molecular flexibility index (Phi) is 2.62. The lowest BCUT2D eigenvalue weighted by molar-refractivity contribution is 0.295. The van der Waals surface area contributed by atoms with Gasteiger partial charge >= 0.3 is 0 Å². The molecule has 0 amide bonds. The SMILES string of the molecule is Cc1cc(C)cc(OCc2nn[nH]n2)c1. The maximum absolute atomic E-state index is 5.53. The van der Waals surface area contributed by atoms with Crippen molar-refractivity contribution in [2.24, 2.45) is 0 Å². The first-order chi connectivity index (χ1) is 7.24. The van der Waals surface area contributed by atoms with Gasteiger partial charge in [-0.2, -0.15) is 5.21 Å². The molecule has 0 atom stereocenters. The maximum atomic E-state index is 5.53. The molecule has 0 unspecified atom stereocenters. The topological polar surface area (TPSA) is 63.7 Å². The number of rotatable bonds is 3. The summed E-state index contributed by atoms with van der Waals surface area (Å²) in [6.45, 7) is 4.40. The van der Waals surface area contributed by atoms with Crippen molar-refractivity contribution in [2.45, 2.75) is 20.5 Å². The minimum absolute atomic E-state index is 0.333. The van der Waals surface area contributed by atoms with E-state index in [9.17, 15) is 0 Å². The van der Waals surface area contributed by atoms with Crippen LogP contribution in [0.4, 0.5) is 0 Å². The molecule has 78 valence electrons. The zero-order valence-corrected chi connectivity index (χ0v) is 8.69. The number of aromatic nitrogens is 4. The fourth-order valence-corrected chi connectivity index (χ4v) is 1.41. The van der Waals surface area contributed by atoms with Gasteiger partial charge in [0.2, 0.25) is 5.82 Å². The van der Waals surface area contributed by atoms with E-state index >= 15 is 0 Å². The standard InChI is InChI=1S/C10H12N4O/c1-7-3-8(2)5-9(4-7)15-6-10-11-13-14-12-10/h3-5H,6H2,1-2H3,(H,11,12,13,14). The highest BCUT2D eigenvalue weighted by molar-refractivity contribution is 5.32. The summed E-state index contributed by atoms with van der Waals surface area (Å²) in [6.07, 6.45) is 0. The molecule has 0 radical (unpaired) electrons. The van der Waals surface area contributed by atoms with E-state index in [1.54, 1.807) is 0 Å². The van der Waals surface area contributed by atoms with E-state index in [4.69, 9.17) is 4.74 Å². The van der Waals surface area contributed by atoms with Crippen LogP contribution in [0.2, 0.25) is 0 Å². The van der Waals surface area contributed by atoms with Crippen molar-refractivity contribution < 1.29 is 4.74 Å². The average molecular weight is 204 g/mol. The van der Waals surface area contributed by atoms with E-state index < -0.39 is 0 Å². The van der Waals surface area contributed by atoms with Crippen LogP contribution in [0.5, 0.6) is 5.75 Å². The largest absolute Gasteiger partial charge is 0.485 e. The number of hydrogen-bond donors (Lipinski definition) is 1. The lowest BCUT2D eigenvalue weighted by Gasteiger charge is -2.05. The van der Waals surface area contributed by atoms with Gasteiger partial charge in [0.05, 0.1) is 0 Å². The Labute approximate surface area is 87.5 Å². The van der Waals surface area contributed by atoms with Crippen molar-refractivity contribution in [1.29, 1.82) is 0 Å². The number of hydrogen-bond acceptors (Lipinski definition) is 4. The summed E-state index contributed by atoms with van der Waals surface area (Å²) in [5.74, 6) is 1.38. The van der Waals surface area contributed by atoms with Crippen molar-refractivity contribution >= 4 is 0 Å². The number of tetrazole rings is 1. The Morgan fingerprint density at radius 2 is 1.93 bits per heavy atom. The average Bonchev–Trinajstić information content (AvgIpc) is 2.65. The van der Waals surface area contributed by atoms with Gasteiger partial charge < -0.3 is 4.74 Å². The minimum Gasteiger partial charge on any atom is -0.485 e. The molecule has 2 rings (SSSR count). The first kappa shape index (κ1) is 9.64. The molecule has 0 fully saturated rings. The zero-order valence-electron chi connectivity index (χ0n) is 8.69. The van der Waals surface area contributed by atoms with Gasteiger partial charge in [0, 0.05) is 0 Å². The van der Waals surface area contributed by atoms with E-state index in [0.29, 0.717) is 12.4 Å². The molecule has 0 spiro atoms. The third-order valence-corrected chi connectivity index (χ3v) is 1.95. The first-order valence-electron chi connectivity index (χ1n) is 4.67. The molecule has 0 aliphatic heterocycles. The summed E-state index contributed by atoms with van der Waals surface area (Å²) in [4.78, 5) is 0. The predicted molar refractivity (Wildman–Crippen MR) is 54.4 cm³/mol. The minimum atomic E-state index is 0.333. The van der Waals surface area contributed by atoms with Crippen LogP contribution in [0.25, 0.3) is 0 Å². The maximum Gasteiger partial charge on any atom is 0.211 e. The number of ether oxygens (including phenoxy) is 1. The molecule has 15 heavy (non-hydrogen) atoms. The smallest absolute Gasteiger partial charge is 0.211 e. The molecule has 5 heteroatoms. The number of nitrogens with zero attached hydrogens (tertiary/aromatic N) is 3. The fourth-order valence-electron chi connectivity index (χ4n) is 1.41.